The summed E-state index contributed by atoms with van der Waals surface area (Å²) in [5.41, 5.74) is 0.895. The maximum atomic E-state index is 14.0. The number of carbonyl (C=O) groups excluding carboxylic acids is 1. The second kappa shape index (κ2) is 9.90. The second-order valence-corrected chi connectivity index (χ2v) is 9.72. The van der Waals surface area contributed by atoms with Crippen LogP contribution in [0.2, 0.25) is 5.02 Å². The lowest BCUT2D eigenvalue weighted by molar-refractivity contribution is 0.0971. The van der Waals surface area contributed by atoms with Crippen molar-refractivity contribution >= 4 is 34.2 Å². The van der Waals surface area contributed by atoms with Gasteiger partial charge in [0, 0.05) is 5.69 Å². The van der Waals surface area contributed by atoms with E-state index in [0.717, 1.165) is 12.5 Å². The third kappa shape index (κ3) is 4.55. The number of halogens is 2. The average Bonchev–Trinajstić information content (AvgIpc) is 3.17. The van der Waals surface area contributed by atoms with E-state index in [9.17, 15) is 14.0 Å². The molecular formula is C29H25ClFNO5. The number of fused-ring (bicyclic) bond motifs is 2. The highest BCUT2D eigenvalue weighted by atomic mass is 35.5. The summed E-state index contributed by atoms with van der Waals surface area (Å²) >= 11 is 6.39. The van der Waals surface area contributed by atoms with Gasteiger partial charge in [-0.2, -0.15) is 0 Å². The van der Waals surface area contributed by atoms with Gasteiger partial charge in [-0.15, -0.1) is 0 Å². The third-order valence-electron chi connectivity index (χ3n) is 6.38. The Morgan fingerprint density at radius 3 is 2.62 bits per heavy atom. The number of anilines is 1. The first-order chi connectivity index (χ1) is 17.8. The highest BCUT2D eigenvalue weighted by Gasteiger charge is 2.44. The summed E-state index contributed by atoms with van der Waals surface area (Å²) in [5.74, 6) is 0.379. The van der Waals surface area contributed by atoms with Crippen LogP contribution in [0.4, 0.5) is 10.1 Å². The van der Waals surface area contributed by atoms with E-state index >= 15 is 0 Å². The van der Waals surface area contributed by atoms with Gasteiger partial charge in [-0.25, -0.2) is 4.39 Å². The maximum absolute atomic E-state index is 14.0. The molecule has 3 aromatic carbocycles. The van der Waals surface area contributed by atoms with E-state index in [1.54, 1.807) is 24.3 Å². The summed E-state index contributed by atoms with van der Waals surface area (Å²) in [6, 6.07) is 15.0. The smallest absolute Gasteiger partial charge is 0.295 e. The number of ether oxygens (including phenoxy) is 2. The van der Waals surface area contributed by atoms with Gasteiger partial charge in [0.1, 0.15) is 22.9 Å². The molecule has 1 amide bonds. The Kier molecular flexibility index (Phi) is 6.65. The molecule has 6 nitrogen and oxygen atoms in total. The lowest BCUT2D eigenvalue weighted by atomic mass is 9.98. The number of amides is 1. The van der Waals surface area contributed by atoms with Crippen molar-refractivity contribution in [1.29, 1.82) is 0 Å². The van der Waals surface area contributed by atoms with Gasteiger partial charge < -0.3 is 13.9 Å². The second-order valence-electron chi connectivity index (χ2n) is 9.31. The highest BCUT2D eigenvalue weighted by Crippen LogP contribution is 2.43. The Morgan fingerprint density at radius 2 is 1.89 bits per heavy atom. The van der Waals surface area contributed by atoms with Crippen LogP contribution in [0.5, 0.6) is 11.5 Å². The summed E-state index contributed by atoms with van der Waals surface area (Å²) in [5, 5.41) is 0.371. The van der Waals surface area contributed by atoms with E-state index < -0.39 is 23.2 Å². The van der Waals surface area contributed by atoms with Crippen LogP contribution in [0.3, 0.4) is 0 Å². The lowest BCUT2D eigenvalue weighted by Gasteiger charge is -2.26. The fourth-order valence-corrected chi connectivity index (χ4v) is 4.77. The van der Waals surface area contributed by atoms with Gasteiger partial charge in [0.15, 0.2) is 5.43 Å². The number of methoxy groups -OCH3 is 1. The first-order valence-electron chi connectivity index (χ1n) is 11.9. The molecule has 1 unspecified atom stereocenters. The van der Waals surface area contributed by atoms with Crippen LogP contribution in [0.1, 0.15) is 48.0 Å². The summed E-state index contributed by atoms with van der Waals surface area (Å²) < 4.78 is 31.2. The molecule has 2 heterocycles. The third-order valence-corrected chi connectivity index (χ3v) is 6.68. The molecule has 5 rings (SSSR count). The van der Waals surface area contributed by atoms with E-state index in [1.165, 1.54) is 24.1 Å². The van der Waals surface area contributed by atoms with Crippen molar-refractivity contribution in [2.75, 3.05) is 18.6 Å². The first-order valence-corrected chi connectivity index (χ1v) is 12.3. The zero-order chi connectivity index (χ0) is 26.3. The number of nitrogens with zero attached hydrogens (tertiary/aromatic N) is 1. The molecule has 1 aliphatic rings. The predicted octanol–water partition coefficient (Wildman–Crippen LogP) is 6.77. The molecule has 0 aliphatic carbocycles. The van der Waals surface area contributed by atoms with Crippen LogP contribution in [0.25, 0.3) is 11.0 Å². The quantitative estimate of drug-likeness (QED) is 0.268. The zero-order valence-corrected chi connectivity index (χ0v) is 21.3. The minimum atomic E-state index is -0.843. The molecule has 1 atom stereocenters. The first kappa shape index (κ1) is 24.8. The van der Waals surface area contributed by atoms with Crippen molar-refractivity contribution < 1.29 is 23.1 Å². The monoisotopic (exact) mass is 521 g/mol. The molecular weight excluding hydrogens is 497 g/mol. The number of hydrogen-bond donors (Lipinski definition) is 0. The van der Waals surface area contributed by atoms with Gasteiger partial charge in [-0.1, -0.05) is 37.6 Å². The molecule has 0 spiro atoms. The molecule has 4 aromatic rings. The van der Waals surface area contributed by atoms with Crippen LogP contribution in [0.15, 0.2) is 69.9 Å². The molecule has 1 aromatic heterocycles. The van der Waals surface area contributed by atoms with Crippen LogP contribution in [-0.2, 0) is 0 Å². The highest BCUT2D eigenvalue weighted by molar-refractivity contribution is 6.32. The van der Waals surface area contributed by atoms with Gasteiger partial charge in [-0.05, 0) is 66.4 Å². The van der Waals surface area contributed by atoms with Crippen LogP contribution >= 0.6 is 11.6 Å². The summed E-state index contributed by atoms with van der Waals surface area (Å²) in [4.78, 5) is 28.9. The van der Waals surface area contributed by atoms with Crippen LogP contribution < -0.4 is 19.8 Å². The number of benzene rings is 3. The zero-order valence-electron chi connectivity index (χ0n) is 20.6. The van der Waals surface area contributed by atoms with E-state index in [0.29, 0.717) is 40.3 Å². The molecule has 8 heteroatoms. The Bertz CT molecular complexity index is 1560. The summed E-state index contributed by atoms with van der Waals surface area (Å²) in [6.45, 7) is 4.77. The van der Waals surface area contributed by atoms with Crippen molar-refractivity contribution in [2.24, 2.45) is 5.92 Å². The minimum absolute atomic E-state index is 0.0653. The number of rotatable bonds is 7. The molecule has 1 aliphatic heterocycles. The topological polar surface area (TPSA) is 69.0 Å². The molecule has 0 bridgehead atoms. The molecule has 0 fully saturated rings. The van der Waals surface area contributed by atoms with Crippen molar-refractivity contribution in [1.82, 2.24) is 0 Å². The Morgan fingerprint density at radius 1 is 1.08 bits per heavy atom. The lowest BCUT2D eigenvalue weighted by Crippen LogP contribution is -2.29. The minimum Gasteiger partial charge on any atom is -0.495 e. The molecule has 0 saturated heterocycles. The van der Waals surface area contributed by atoms with Crippen molar-refractivity contribution in [3.05, 3.63) is 98.6 Å². The van der Waals surface area contributed by atoms with Crippen LogP contribution in [0, 0.1) is 11.7 Å². The van der Waals surface area contributed by atoms with E-state index in [-0.39, 0.29) is 22.3 Å². The largest absolute Gasteiger partial charge is 0.495 e. The van der Waals surface area contributed by atoms with Crippen molar-refractivity contribution in [3.63, 3.8) is 0 Å². The van der Waals surface area contributed by atoms with Crippen molar-refractivity contribution in [3.8, 4) is 11.5 Å². The predicted molar refractivity (Wildman–Crippen MR) is 140 cm³/mol. The maximum Gasteiger partial charge on any atom is 0.295 e. The number of carbonyl (C=O) groups is 1. The molecule has 37 heavy (non-hydrogen) atoms. The van der Waals surface area contributed by atoms with E-state index in [2.05, 4.69) is 13.8 Å². The SMILES string of the molecule is COc1ccc(N2C(=O)c3oc4ccc(F)cc4c(=O)c3C2c2cccc(OCCC(C)C)c2)cc1Cl. The fourth-order valence-electron chi connectivity index (χ4n) is 4.52. The van der Waals surface area contributed by atoms with Gasteiger partial charge in [0.05, 0.1) is 35.7 Å². The molecule has 0 radical (unpaired) electrons. The molecule has 0 N–H and O–H groups in total. The summed E-state index contributed by atoms with van der Waals surface area (Å²) in [6.07, 6.45) is 0.882. The average molecular weight is 522 g/mol. The van der Waals surface area contributed by atoms with Gasteiger partial charge in [0.25, 0.3) is 5.91 Å². The Balaban J connectivity index is 1.69. The van der Waals surface area contributed by atoms with Gasteiger partial charge in [0.2, 0.25) is 5.76 Å². The Labute approximate surface area is 218 Å². The van der Waals surface area contributed by atoms with Crippen LogP contribution in [-0.4, -0.2) is 19.6 Å². The van der Waals surface area contributed by atoms with Gasteiger partial charge >= 0.3 is 0 Å². The number of hydrogen-bond acceptors (Lipinski definition) is 5. The normalized spacial score (nSPS) is 14.9. The van der Waals surface area contributed by atoms with Crippen molar-refractivity contribution in [2.45, 2.75) is 26.3 Å². The van der Waals surface area contributed by atoms with E-state index in [1.807, 2.05) is 18.2 Å². The molecule has 0 saturated carbocycles. The standard InChI is InChI=1S/C29H25ClFNO5/c1-16(2)11-12-36-20-6-4-5-17(13-20)26-25-27(33)21-14-18(31)7-9-23(21)37-28(25)29(34)32(26)19-8-10-24(35-3)22(30)15-19/h4-10,13-16,26H,11-12H2,1-3H3. The fraction of sp³-hybridized carbons (Fsp3) is 0.241. The molecule has 190 valence electrons. The van der Waals surface area contributed by atoms with Gasteiger partial charge in [-0.3, -0.25) is 14.5 Å². The summed E-state index contributed by atoms with van der Waals surface area (Å²) in [7, 11) is 1.50. The Hall–Kier alpha value is -3.84. The van der Waals surface area contributed by atoms with E-state index in [4.69, 9.17) is 25.5 Å².